The number of aromatic nitrogens is 2. The molecule has 0 radical (unpaired) electrons. The minimum Gasteiger partial charge on any atom is -0.466 e. The molecule has 1 fully saturated rings. The maximum absolute atomic E-state index is 12.6. The van der Waals surface area contributed by atoms with E-state index < -0.39 is 12.0 Å². The third kappa shape index (κ3) is 3.37. The van der Waals surface area contributed by atoms with Crippen molar-refractivity contribution in [3.63, 3.8) is 0 Å². The van der Waals surface area contributed by atoms with E-state index in [0.29, 0.717) is 22.2 Å². The van der Waals surface area contributed by atoms with Crippen LogP contribution in [0.3, 0.4) is 0 Å². The van der Waals surface area contributed by atoms with Crippen molar-refractivity contribution in [2.75, 3.05) is 5.75 Å². The predicted octanol–water partition coefficient (Wildman–Crippen LogP) is 2.05. The van der Waals surface area contributed by atoms with E-state index >= 15 is 0 Å². The average Bonchev–Trinajstić information content (AvgIpc) is 3.38. The number of thiazole rings is 1. The summed E-state index contributed by atoms with van der Waals surface area (Å²) in [6.07, 6.45) is 3.17. The summed E-state index contributed by atoms with van der Waals surface area (Å²) in [6.45, 7) is 1.29. The van der Waals surface area contributed by atoms with E-state index in [1.165, 1.54) is 51.7 Å². The first kappa shape index (κ1) is 17.8. The lowest BCUT2D eigenvalue weighted by atomic mass is 10.2. The number of esters is 1. The first-order valence-electron chi connectivity index (χ1n) is 8.11. The molecular formula is C17H15N3O5S2. The standard InChI is InChI=1S/C17H15N3O5S2/c1-10(21)20-12(9-27-15(20)13-3-2-5-24-13)16(23)25-8-11-7-14(22)19-4-6-26-17(19)18-11/h2-7,12,15H,8-9H2,1H3/t12-,15+/m1/s1. The fourth-order valence-electron chi connectivity index (χ4n) is 2.93. The zero-order valence-corrected chi connectivity index (χ0v) is 15.9. The fraction of sp³-hybridized carbons (Fsp3) is 0.294. The van der Waals surface area contributed by atoms with Gasteiger partial charge in [0.05, 0.1) is 12.0 Å². The maximum atomic E-state index is 12.6. The van der Waals surface area contributed by atoms with Gasteiger partial charge in [0.1, 0.15) is 23.8 Å². The summed E-state index contributed by atoms with van der Waals surface area (Å²) in [7, 11) is 0. The zero-order valence-electron chi connectivity index (χ0n) is 14.2. The summed E-state index contributed by atoms with van der Waals surface area (Å²) in [4.78, 5) is 43.0. The van der Waals surface area contributed by atoms with E-state index in [1.807, 2.05) is 0 Å². The summed E-state index contributed by atoms with van der Waals surface area (Å²) in [5, 5.41) is 1.40. The molecule has 0 bridgehead atoms. The molecule has 3 aromatic rings. The molecule has 1 aliphatic heterocycles. The molecule has 1 amide bonds. The molecule has 1 aliphatic rings. The number of carbonyl (C=O) groups excluding carboxylic acids is 2. The second-order valence-corrected chi connectivity index (χ2v) is 7.88. The number of thioether (sulfide) groups is 1. The van der Waals surface area contributed by atoms with Gasteiger partial charge in [-0.15, -0.1) is 23.1 Å². The molecule has 1 saturated heterocycles. The number of ether oxygens (including phenoxy) is 1. The molecule has 2 atom stereocenters. The second kappa shape index (κ2) is 7.20. The van der Waals surface area contributed by atoms with Crippen molar-refractivity contribution in [1.82, 2.24) is 14.3 Å². The molecular weight excluding hydrogens is 390 g/mol. The number of hydrogen-bond acceptors (Lipinski definition) is 8. The van der Waals surface area contributed by atoms with Crippen molar-refractivity contribution in [3.8, 4) is 0 Å². The third-order valence-corrected chi connectivity index (χ3v) is 6.18. The van der Waals surface area contributed by atoms with E-state index in [2.05, 4.69) is 4.98 Å². The van der Waals surface area contributed by atoms with E-state index in [-0.39, 0.29) is 23.4 Å². The quantitative estimate of drug-likeness (QED) is 0.613. The number of hydrogen-bond donors (Lipinski definition) is 0. The van der Waals surface area contributed by atoms with Crippen LogP contribution in [0.1, 0.15) is 23.8 Å². The Morgan fingerprint density at radius 1 is 1.44 bits per heavy atom. The highest BCUT2D eigenvalue weighted by Gasteiger charge is 2.43. The second-order valence-electron chi connectivity index (χ2n) is 5.89. The van der Waals surface area contributed by atoms with Gasteiger partial charge in [0.25, 0.3) is 5.56 Å². The minimum absolute atomic E-state index is 0.124. The van der Waals surface area contributed by atoms with Gasteiger partial charge in [-0.1, -0.05) is 0 Å². The Labute approximate surface area is 161 Å². The van der Waals surface area contributed by atoms with Crippen LogP contribution >= 0.6 is 23.1 Å². The lowest BCUT2D eigenvalue weighted by molar-refractivity contribution is -0.154. The van der Waals surface area contributed by atoms with Gasteiger partial charge >= 0.3 is 5.97 Å². The largest absolute Gasteiger partial charge is 0.466 e. The van der Waals surface area contributed by atoms with Crippen LogP contribution in [0.4, 0.5) is 0 Å². The first-order chi connectivity index (χ1) is 13.0. The van der Waals surface area contributed by atoms with Gasteiger partial charge in [0.2, 0.25) is 5.91 Å². The van der Waals surface area contributed by atoms with Gasteiger partial charge in [-0.05, 0) is 12.1 Å². The Balaban J connectivity index is 1.48. The van der Waals surface area contributed by atoms with Gasteiger partial charge in [-0.3, -0.25) is 14.0 Å². The summed E-state index contributed by atoms with van der Waals surface area (Å²) in [5.74, 6) is 0.257. The van der Waals surface area contributed by atoms with Crippen molar-refractivity contribution < 1.29 is 18.7 Å². The van der Waals surface area contributed by atoms with E-state index in [9.17, 15) is 14.4 Å². The van der Waals surface area contributed by atoms with Crippen molar-refractivity contribution in [2.24, 2.45) is 0 Å². The molecule has 3 aromatic heterocycles. The molecule has 10 heteroatoms. The molecule has 4 heterocycles. The number of rotatable bonds is 4. The minimum atomic E-state index is -0.714. The van der Waals surface area contributed by atoms with E-state index in [0.717, 1.165) is 0 Å². The predicted molar refractivity (Wildman–Crippen MR) is 99.4 cm³/mol. The summed E-state index contributed by atoms with van der Waals surface area (Å²) < 4.78 is 12.2. The SMILES string of the molecule is CC(=O)N1[C@@H](C(=O)OCc2cc(=O)n3ccsc3n2)CS[C@H]1c1ccco1. The number of carbonyl (C=O) groups is 2. The van der Waals surface area contributed by atoms with Crippen molar-refractivity contribution in [3.05, 3.63) is 57.8 Å². The van der Waals surface area contributed by atoms with Gasteiger partial charge in [-0.25, -0.2) is 9.78 Å². The molecule has 27 heavy (non-hydrogen) atoms. The Morgan fingerprint density at radius 3 is 3.04 bits per heavy atom. The molecule has 0 saturated carbocycles. The lowest BCUT2D eigenvalue weighted by Crippen LogP contribution is -2.42. The molecule has 0 aliphatic carbocycles. The number of amides is 1. The van der Waals surface area contributed by atoms with Crippen LogP contribution in [0.15, 0.2) is 45.3 Å². The Kier molecular flexibility index (Phi) is 4.75. The number of nitrogens with zero attached hydrogens (tertiary/aromatic N) is 3. The van der Waals surface area contributed by atoms with E-state index in [1.54, 1.807) is 23.7 Å². The average molecular weight is 405 g/mol. The van der Waals surface area contributed by atoms with Gasteiger partial charge in [-0.2, -0.15) is 0 Å². The molecule has 0 unspecified atom stereocenters. The summed E-state index contributed by atoms with van der Waals surface area (Å²) >= 11 is 2.77. The monoisotopic (exact) mass is 405 g/mol. The van der Waals surface area contributed by atoms with Crippen molar-refractivity contribution >= 4 is 39.9 Å². The maximum Gasteiger partial charge on any atom is 0.330 e. The van der Waals surface area contributed by atoms with Crippen molar-refractivity contribution in [1.29, 1.82) is 0 Å². The summed E-state index contributed by atoms with van der Waals surface area (Å²) in [6, 6.07) is 4.14. The zero-order chi connectivity index (χ0) is 19.0. The molecule has 4 rings (SSSR count). The van der Waals surface area contributed by atoms with Crippen LogP contribution in [-0.4, -0.2) is 38.0 Å². The summed E-state index contributed by atoms with van der Waals surface area (Å²) in [5.41, 5.74) is 0.144. The lowest BCUT2D eigenvalue weighted by Gasteiger charge is -2.25. The highest BCUT2D eigenvalue weighted by Crippen LogP contribution is 2.41. The Bertz CT molecular complexity index is 1040. The van der Waals surface area contributed by atoms with Gasteiger partial charge in [0, 0.05) is 30.3 Å². The highest BCUT2D eigenvalue weighted by atomic mass is 32.2. The molecule has 0 spiro atoms. The van der Waals surface area contributed by atoms with Crippen LogP contribution < -0.4 is 5.56 Å². The Hall–Kier alpha value is -2.59. The van der Waals surface area contributed by atoms with Crippen LogP contribution in [0.5, 0.6) is 0 Å². The normalized spacial score (nSPS) is 19.5. The van der Waals surface area contributed by atoms with Crippen molar-refractivity contribution in [2.45, 2.75) is 24.9 Å². The molecule has 0 aromatic carbocycles. The van der Waals surface area contributed by atoms with Gasteiger partial charge < -0.3 is 14.1 Å². The highest BCUT2D eigenvalue weighted by molar-refractivity contribution is 7.99. The van der Waals surface area contributed by atoms with E-state index in [4.69, 9.17) is 9.15 Å². The molecule has 140 valence electrons. The first-order valence-corrected chi connectivity index (χ1v) is 10.0. The topological polar surface area (TPSA) is 94.1 Å². The smallest absolute Gasteiger partial charge is 0.330 e. The van der Waals surface area contributed by atoms with Crippen LogP contribution in [-0.2, 0) is 20.9 Å². The molecule has 0 N–H and O–H groups in total. The molecule has 8 nitrogen and oxygen atoms in total. The number of fused-ring (bicyclic) bond motifs is 1. The van der Waals surface area contributed by atoms with Crippen LogP contribution in [0.2, 0.25) is 0 Å². The van der Waals surface area contributed by atoms with Crippen LogP contribution in [0.25, 0.3) is 4.96 Å². The number of furan rings is 1. The van der Waals surface area contributed by atoms with Gasteiger partial charge in [0.15, 0.2) is 4.96 Å². The fourth-order valence-corrected chi connectivity index (χ4v) is 5.08. The Morgan fingerprint density at radius 2 is 2.30 bits per heavy atom. The van der Waals surface area contributed by atoms with Crippen LogP contribution in [0, 0.1) is 0 Å². The third-order valence-electron chi connectivity index (χ3n) is 4.14.